The molecule has 0 bridgehead atoms. The average Bonchev–Trinajstić information content (AvgIpc) is 2.56. The number of aliphatic hydroxyl groups excluding tert-OH is 1. The maximum absolute atomic E-state index is 12.3. The van der Waals surface area contributed by atoms with E-state index in [2.05, 4.69) is 29.4 Å². The molecular weight excluding hydrogens is 300 g/mol. The van der Waals surface area contributed by atoms with Gasteiger partial charge in [0, 0.05) is 31.3 Å². The lowest BCUT2D eigenvalue weighted by Gasteiger charge is -2.18. The number of hydrogen-bond acceptors (Lipinski definition) is 3. The molecule has 0 saturated heterocycles. The Bertz CT molecular complexity index is 643. The first-order valence-corrected chi connectivity index (χ1v) is 8.31. The monoisotopic (exact) mass is 326 g/mol. The zero-order chi connectivity index (χ0) is 17.4. The van der Waals surface area contributed by atoms with Crippen molar-refractivity contribution < 1.29 is 9.90 Å². The third-order valence-electron chi connectivity index (χ3n) is 3.88. The van der Waals surface area contributed by atoms with Crippen LogP contribution in [0.15, 0.2) is 54.6 Å². The van der Waals surface area contributed by atoms with E-state index in [9.17, 15) is 4.79 Å². The topological polar surface area (TPSA) is 52.6 Å². The first-order valence-electron chi connectivity index (χ1n) is 8.31. The SMILES string of the molecule is CC(CCO)NC(=O)c1cccc(CN(C)Cc2ccccc2)c1. The van der Waals surface area contributed by atoms with E-state index in [1.165, 1.54) is 5.56 Å². The summed E-state index contributed by atoms with van der Waals surface area (Å²) < 4.78 is 0. The van der Waals surface area contributed by atoms with Gasteiger partial charge >= 0.3 is 0 Å². The van der Waals surface area contributed by atoms with Gasteiger partial charge in [-0.1, -0.05) is 42.5 Å². The Kier molecular flexibility index (Phi) is 6.97. The smallest absolute Gasteiger partial charge is 0.251 e. The van der Waals surface area contributed by atoms with Gasteiger partial charge in [-0.2, -0.15) is 0 Å². The normalized spacial score (nSPS) is 12.2. The number of benzene rings is 2. The second-order valence-corrected chi connectivity index (χ2v) is 6.25. The predicted molar refractivity (Wildman–Crippen MR) is 96.7 cm³/mol. The van der Waals surface area contributed by atoms with Crippen LogP contribution in [0.3, 0.4) is 0 Å². The van der Waals surface area contributed by atoms with Crippen LogP contribution in [0.2, 0.25) is 0 Å². The molecule has 0 aliphatic heterocycles. The molecule has 1 amide bonds. The highest BCUT2D eigenvalue weighted by atomic mass is 16.3. The van der Waals surface area contributed by atoms with Crippen LogP contribution in [0.1, 0.15) is 34.8 Å². The lowest BCUT2D eigenvalue weighted by molar-refractivity contribution is 0.0934. The molecule has 0 spiro atoms. The molecule has 128 valence electrons. The summed E-state index contributed by atoms with van der Waals surface area (Å²) in [5.74, 6) is -0.0940. The lowest BCUT2D eigenvalue weighted by atomic mass is 10.1. The van der Waals surface area contributed by atoms with Crippen LogP contribution in [0.5, 0.6) is 0 Å². The lowest BCUT2D eigenvalue weighted by Crippen LogP contribution is -2.33. The Morgan fingerprint density at radius 3 is 2.46 bits per heavy atom. The fourth-order valence-electron chi connectivity index (χ4n) is 2.65. The third kappa shape index (κ3) is 5.80. The van der Waals surface area contributed by atoms with Crippen LogP contribution in [0.4, 0.5) is 0 Å². The summed E-state index contributed by atoms with van der Waals surface area (Å²) in [6, 6.07) is 18.0. The van der Waals surface area contributed by atoms with Crippen molar-refractivity contribution in [1.82, 2.24) is 10.2 Å². The molecule has 24 heavy (non-hydrogen) atoms. The maximum atomic E-state index is 12.3. The number of hydrogen-bond donors (Lipinski definition) is 2. The van der Waals surface area contributed by atoms with Crippen molar-refractivity contribution in [3.8, 4) is 0 Å². The van der Waals surface area contributed by atoms with E-state index >= 15 is 0 Å². The molecule has 1 atom stereocenters. The highest BCUT2D eigenvalue weighted by Gasteiger charge is 2.10. The van der Waals surface area contributed by atoms with Crippen LogP contribution in [0, 0.1) is 0 Å². The van der Waals surface area contributed by atoms with Crippen molar-refractivity contribution >= 4 is 5.91 Å². The van der Waals surface area contributed by atoms with E-state index in [0.717, 1.165) is 18.7 Å². The van der Waals surface area contributed by atoms with Gasteiger partial charge in [0.05, 0.1) is 0 Å². The molecule has 0 heterocycles. The third-order valence-corrected chi connectivity index (χ3v) is 3.88. The maximum Gasteiger partial charge on any atom is 0.251 e. The molecule has 0 aliphatic rings. The van der Waals surface area contributed by atoms with Crippen molar-refractivity contribution in [3.63, 3.8) is 0 Å². The molecule has 2 aromatic carbocycles. The van der Waals surface area contributed by atoms with Gasteiger partial charge in [-0.25, -0.2) is 0 Å². The van der Waals surface area contributed by atoms with E-state index in [1.54, 1.807) is 0 Å². The summed E-state index contributed by atoms with van der Waals surface area (Å²) in [6.07, 6.45) is 0.561. The van der Waals surface area contributed by atoms with Crippen molar-refractivity contribution in [3.05, 3.63) is 71.3 Å². The van der Waals surface area contributed by atoms with Gasteiger partial charge in [-0.15, -0.1) is 0 Å². The number of nitrogens with zero attached hydrogens (tertiary/aromatic N) is 1. The molecule has 4 heteroatoms. The number of rotatable bonds is 8. The van der Waals surface area contributed by atoms with E-state index in [1.807, 2.05) is 49.4 Å². The average molecular weight is 326 g/mol. The zero-order valence-electron chi connectivity index (χ0n) is 14.4. The minimum Gasteiger partial charge on any atom is -0.396 e. The van der Waals surface area contributed by atoms with E-state index in [0.29, 0.717) is 12.0 Å². The molecule has 2 aromatic rings. The highest BCUT2D eigenvalue weighted by Crippen LogP contribution is 2.11. The summed E-state index contributed by atoms with van der Waals surface area (Å²) in [5, 5.41) is 11.8. The first kappa shape index (κ1) is 18.2. The van der Waals surface area contributed by atoms with Gasteiger partial charge in [0.2, 0.25) is 0 Å². The fourth-order valence-corrected chi connectivity index (χ4v) is 2.65. The second kappa shape index (κ2) is 9.21. The van der Waals surface area contributed by atoms with Crippen LogP contribution >= 0.6 is 0 Å². The largest absolute Gasteiger partial charge is 0.396 e. The highest BCUT2D eigenvalue weighted by molar-refractivity contribution is 5.94. The van der Waals surface area contributed by atoms with Crippen molar-refractivity contribution in [1.29, 1.82) is 0 Å². The number of nitrogens with one attached hydrogen (secondary N) is 1. The number of carbonyl (C=O) groups is 1. The molecule has 0 radical (unpaired) electrons. The fraction of sp³-hybridized carbons (Fsp3) is 0.350. The van der Waals surface area contributed by atoms with Gasteiger partial charge in [-0.05, 0) is 43.7 Å². The molecule has 0 fully saturated rings. The van der Waals surface area contributed by atoms with Crippen LogP contribution in [-0.4, -0.2) is 35.6 Å². The van der Waals surface area contributed by atoms with Gasteiger partial charge in [0.15, 0.2) is 0 Å². The standard InChI is InChI=1S/C20H26N2O2/c1-16(11-12-23)21-20(24)19-10-6-9-18(13-19)15-22(2)14-17-7-4-3-5-8-17/h3-10,13,16,23H,11-12,14-15H2,1-2H3,(H,21,24). The first-order chi connectivity index (χ1) is 11.6. The van der Waals surface area contributed by atoms with Gasteiger partial charge < -0.3 is 10.4 Å². The van der Waals surface area contributed by atoms with E-state index in [-0.39, 0.29) is 18.6 Å². The Balaban J connectivity index is 1.95. The Labute approximate surface area is 144 Å². The predicted octanol–water partition coefficient (Wildman–Crippen LogP) is 2.82. The molecule has 2 N–H and O–H groups in total. The Morgan fingerprint density at radius 1 is 1.08 bits per heavy atom. The van der Waals surface area contributed by atoms with Gasteiger partial charge in [-0.3, -0.25) is 9.69 Å². The summed E-state index contributed by atoms with van der Waals surface area (Å²) in [6.45, 7) is 3.62. The molecule has 4 nitrogen and oxygen atoms in total. The van der Waals surface area contributed by atoms with E-state index in [4.69, 9.17) is 5.11 Å². The summed E-state index contributed by atoms with van der Waals surface area (Å²) >= 11 is 0. The van der Waals surface area contributed by atoms with Gasteiger partial charge in [0.25, 0.3) is 5.91 Å². The molecule has 1 unspecified atom stereocenters. The van der Waals surface area contributed by atoms with Crippen LogP contribution in [0.25, 0.3) is 0 Å². The van der Waals surface area contributed by atoms with E-state index < -0.39 is 0 Å². The van der Waals surface area contributed by atoms with Crippen LogP contribution < -0.4 is 5.32 Å². The minimum absolute atomic E-state index is 0.0353. The summed E-state index contributed by atoms with van der Waals surface area (Å²) in [4.78, 5) is 14.5. The summed E-state index contributed by atoms with van der Waals surface area (Å²) in [5.41, 5.74) is 3.04. The Hall–Kier alpha value is -2.17. The van der Waals surface area contributed by atoms with Crippen molar-refractivity contribution in [2.24, 2.45) is 0 Å². The second-order valence-electron chi connectivity index (χ2n) is 6.25. The Morgan fingerprint density at radius 2 is 1.75 bits per heavy atom. The number of carbonyl (C=O) groups excluding carboxylic acids is 1. The summed E-state index contributed by atoms with van der Waals surface area (Å²) in [7, 11) is 2.07. The minimum atomic E-state index is -0.0940. The molecule has 0 aliphatic carbocycles. The number of amides is 1. The molecule has 0 saturated carbocycles. The molecule has 0 aromatic heterocycles. The van der Waals surface area contributed by atoms with Crippen LogP contribution in [-0.2, 0) is 13.1 Å². The van der Waals surface area contributed by atoms with Crippen molar-refractivity contribution in [2.75, 3.05) is 13.7 Å². The zero-order valence-corrected chi connectivity index (χ0v) is 14.4. The number of aliphatic hydroxyl groups is 1. The van der Waals surface area contributed by atoms with Gasteiger partial charge in [0.1, 0.15) is 0 Å². The molecular formula is C20H26N2O2. The van der Waals surface area contributed by atoms with Crippen molar-refractivity contribution in [2.45, 2.75) is 32.5 Å². The molecule has 2 rings (SSSR count). The quantitative estimate of drug-likeness (QED) is 0.784.